The fourth-order valence-electron chi connectivity index (χ4n) is 7.88. The average molecular weight is 580 g/mol. The largest absolute Gasteiger partial charge is 0.456 e. The Bertz CT molecular complexity index is 2610. The van der Waals surface area contributed by atoms with E-state index < -0.39 is 0 Å². The van der Waals surface area contributed by atoms with Crippen LogP contribution in [0.2, 0.25) is 0 Å². The van der Waals surface area contributed by atoms with E-state index in [9.17, 15) is 0 Å². The molecule has 2 aliphatic rings. The second-order valence-corrected chi connectivity index (χ2v) is 12.8. The monoisotopic (exact) mass is 579 g/mol. The van der Waals surface area contributed by atoms with Gasteiger partial charge in [-0.25, -0.2) is 4.99 Å². The van der Waals surface area contributed by atoms with Gasteiger partial charge < -0.3 is 9.73 Å². The molecule has 1 aliphatic carbocycles. The minimum atomic E-state index is -0.255. The van der Waals surface area contributed by atoms with E-state index in [1.165, 1.54) is 32.7 Å². The van der Waals surface area contributed by atoms with Gasteiger partial charge in [0.25, 0.3) is 0 Å². The van der Waals surface area contributed by atoms with Gasteiger partial charge in [-0.1, -0.05) is 111 Å². The molecule has 0 spiro atoms. The molecule has 0 amide bonds. The van der Waals surface area contributed by atoms with Crippen molar-refractivity contribution in [3.63, 3.8) is 0 Å². The molecule has 4 heteroatoms. The van der Waals surface area contributed by atoms with Crippen molar-refractivity contribution in [1.29, 1.82) is 0 Å². The van der Waals surface area contributed by atoms with Crippen LogP contribution in [0.5, 0.6) is 0 Å². The Morgan fingerprint density at radius 3 is 2.27 bits per heavy atom. The van der Waals surface area contributed by atoms with E-state index >= 15 is 0 Å². The number of benzene rings is 6. The molecule has 1 atom stereocenters. The second kappa shape index (κ2) is 8.73. The number of hydrogen-bond acceptors (Lipinski definition) is 3. The standard InChI is InChI=1S/C41H29N3O/c1-41(2)31-18-8-5-15-27(31)37-39(41)43-40(38(42-37)29-17-11-21-35-36(29)28-16-7-10-20-34(28)45-35)44-32-19-9-6-14-26(32)30-22-24-12-3-4-13-25(24)23-33(30)44/h3-23,38,42H,1-2H3. The number of aliphatic imine (C=N–C) groups is 1. The minimum Gasteiger partial charge on any atom is -0.456 e. The normalized spacial score (nSPS) is 17.3. The van der Waals surface area contributed by atoms with Gasteiger partial charge in [0.15, 0.2) is 0 Å². The van der Waals surface area contributed by atoms with E-state index in [2.05, 4.69) is 145 Å². The van der Waals surface area contributed by atoms with E-state index in [0.29, 0.717) is 0 Å². The Hall–Kier alpha value is -5.61. The van der Waals surface area contributed by atoms with Gasteiger partial charge in [-0.15, -0.1) is 0 Å². The van der Waals surface area contributed by atoms with Gasteiger partial charge in [0.2, 0.25) is 0 Å². The highest BCUT2D eigenvalue weighted by molar-refractivity contribution is 6.19. The number of allylic oxidation sites excluding steroid dienone is 1. The lowest BCUT2D eigenvalue weighted by Gasteiger charge is -2.31. The van der Waals surface area contributed by atoms with Crippen molar-refractivity contribution in [1.82, 2.24) is 9.88 Å². The number of nitrogens with zero attached hydrogens (tertiary/aromatic N) is 2. The molecule has 1 N–H and O–H groups in total. The summed E-state index contributed by atoms with van der Waals surface area (Å²) < 4.78 is 8.79. The predicted molar refractivity (Wildman–Crippen MR) is 186 cm³/mol. The summed E-state index contributed by atoms with van der Waals surface area (Å²) >= 11 is 0. The van der Waals surface area contributed by atoms with Crippen LogP contribution in [-0.2, 0) is 5.41 Å². The van der Waals surface area contributed by atoms with Crippen LogP contribution in [0.3, 0.4) is 0 Å². The van der Waals surface area contributed by atoms with Crippen LogP contribution in [0.15, 0.2) is 143 Å². The first-order chi connectivity index (χ1) is 22.1. The van der Waals surface area contributed by atoms with Crippen molar-refractivity contribution in [2.45, 2.75) is 25.3 Å². The lowest BCUT2D eigenvalue weighted by atomic mass is 9.84. The molecule has 0 saturated heterocycles. The Morgan fingerprint density at radius 2 is 1.38 bits per heavy atom. The van der Waals surface area contributed by atoms with E-state index in [1.807, 2.05) is 6.07 Å². The molecule has 8 aromatic rings. The van der Waals surface area contributed by atoms with Crippen molar-refractivity contribution in [3.05, 3.63) is 150 Å². The number of furan rings is 1. The maximum Gasteiger partial charge on any atom is 0.141 e. The Balaban J connectivity index is 1.33. The molecule has 0 bridgehead atoms. The Kier molecular flexibility index (Phi) is 4.81. The van der Waals surface area contributed by atoms with Crippen molar-refractivity contribution < 1.29 is 4.42 Å². The summed E-state index contributed by atoms with van der Waals surface area (Å²) in [4.78, 5) is 5.73. The van der Waals surface area contributed by atoms with Crippen LogP contribution in [0.4, 0.5) is 0 Å². The number of nitrogens with one attached hydrogen (secondary N) is 1. The quantitative estimate of drug-likeness (QED) is 0.210. The third kappa shape index (κ3) is 3.29. The molecule has 3 heterocycles. The summed E-state index contributed by atoms with van der Waals surface area (Å²) in [6.45, 7) is 4.59. The van der Waals surface area contributed by atoms with Crippen LogP contribution in [0, 0.1) is 0 Å². The van der Waals surface area contributed by atoms with Gasteiger partial charge in [-0.2, -0.15) is 0 Å². The van der Waals surface area contributed by atoms with Crippen LogP contribution in [0.25, 0.3) is 60.2 Å². The maximum absolute atomic E-state index is 6.39. The summed E-state index contributed by atoms with van der Waals surface area (Å²) in [5.41, 5.74) is 9.68. The van der Waals surface area contributed by atoms with Crippen LogP contribution in [-0.4, -0.2) is 10.4 Å². The topological polar surface area (TPSA) is 42.5 Å². The third-order valence-corrected chi connectivity index (χ3v) is 9.99. The predicted octanol–water partition coefficient (Wildman–Crippen LogP) is 10.1. The zero-order valence-corrected chi connectivity index (χ0v) is 25.0. The zero-order chi connectivity index (χ0) is 29.9. The van der Waals surface area contributed by atoms with E-state index in [-0.39, 0.29) is 11.5 Å². The first kappa shape index (κ1) is 24.8. The van der Waals surface area contributed by atoms with Gasteiger partial charge >= 0.3 is 0 Å². The van der Waals surface area contributed by atoms with E-state index in [4.69, 9.17) is 9.41 Å². The molecule has 1 unspecified atom stereocenters. The summed E-state index contributed by atoms with van der Waals surface area (Å²) in [5, 5.41) is 11.2. The molecule has 0 saturated carbocycles. The van der Waals surface area contributed by atoms with Crippen molar-refractivity contribution >= 4 is 66.0 Å². The van der Waals surface area contributed by atoms with Crippen LogP contribution < -0.4 is 5.32 Å². The molecule has 2 aromatic heterocycles. The van der Waals surface area contributed by atoms with E-state index in [1.54, 1.807) is 0 Å². The van der Waals surface area contributed by atoms with Crippen LogP contribution in [0.1, 0.15) is 36.6 Å². The number of hydrogen-bond donors (Lipinski definition) is 1. The van der Waals surface area contributed by atoms with Crippen molar-refractivity contribution in [2.24, 2.45) is 4.99 Å². The number of para-hydroxylation sites is 2. The highest BCUT2D eigenvalue weighted by Gasteiger charge is 2.43. The highest BCUT2D eigenvalue weighted by Crippen LogP contribution is 2.50. The highest BCUT2D eigenvalue weighted by atomic mass is 16.3. The molecule has 10 rings (SSSR count). The Morgan fingerprint density at radius 1 is 0.667 bits per heavy atom. The number of rotatable bonds is 1. The lowest BCUT2D eigenvalue weighted by molar-refractivity contribution is 0.619. The fourth-order valence-corrected chi connectivity index (χ4v) is 7.88. The first-order valence-electron chi connectivity index (χ1n) is 15.6. The summed E-state index contributed by atoms with van der Waals surface area (Å²) in [6, 6.07) is 45.3. The molecular weight excluding hydrogens is 550 g/mol. The van der Waals surface area contributed by atoms with Crippen LogP contribution >= 0.6 is 0 Å². The van der Waals surface area contributed by atoms with Crippen molar-refractivity contribution in [3.8, 4) is 0 Å². The van der Waals surface area contributed by atoms with Crippen molar-refractivity contribution in [2.75, 3.05) is 0 Å². The van der Waals surface area contributed by atoms with Gasteiger partial charge in [0.05, 0.1) is 22.4 Å². The SMILES string of the molecule is CC1(C)C2=C(NC(c3cccc4oc5ccccc5c34)C(n3c4ccccc4c4cc5ccccc5cc43)=N2)c2ccccc21. The van der Waals surface area contributed by atoms with E-state index in [0.717, 1.165) is 55.8 Å². The van der Waals surface area contributed by atoms with Gasteiger partial charge in [0, 0.05) is 32.5 Å². The molecule has 214 valence electrons. The molecule has 6 aromatic carbocycles. The molecule has 45 heavy (non-hydrogen) atoms. The molecular formula is C41H29N3O. The molecule has 4 nitrogen and oxygen atoms in total. The summed E-state index contributed by atoms with van der Waals surface area (Å²) in [5.74, 6) is 0.967. The fraction of sp³-hybridized carbons (Fsp3) is 0.0976. The van der Waals surface area contributed by atoms with Gasteiger partial charge in [0.1, 0.15) is 23.0 Å². The average Bonchev–Trinajstić information content (AvgIpc) is 3.69. The Labute approximate surface area is 259 Å². The maximum atomic E-state index is 6.39. The molecule has 1 aliphatic heterocycles. The summed E-state index contributed by atoms with van der Waals surface area (Å²) in [6.07, 6.45) is 0. The number of fused-ring (bicyclic) bond motifs is 9. The molecule has 0 radical (unpaired) electrons. The van der Waals surface area contributed by atoms with Gasteiger partial charge in [-0.05, 0) is 52.2 Å². The first-order valence-corrected chi connectivity index (χ1v) is 15.6. The number of aromatic nitrogens is 1. The minimum absolute atomic E-state index is 0.235. The second-order valence-electron chi connectivity index (χ2n) is 12.8. The van der Waals surface area contributed by atoms with Gasteiger partial charge in [-0.3, -0.25) is 4.57 Å². The molecule has 0 fully saturated rings. The zero-order valence-electron chi connectivity index (χ0n) is 25.0. The third-order valence-electron chi connectivity index (χ3n) is 9.99. The summed E-state index contributed by atoms with van der Waals surface area (Å²) in [7, 11) is 0. The lowest BCUT2D eigenvalue weighted by Crippen LogP contribution is -2.36. The smallest absolute Gasteiger partial charge is 0.141 e.